The highest BCUT2D eigenvalue weighted by Gasteiger charge is 2.10. The Morgan fingerprint density at radius 1 is 1.24 bits per heavy atom. The fourth-order valence-electron chi connectivity index (χ4n) is 1.75. The largest absolute Gasteiger partial charge is 0.383 e. The van der Waals surface area contributed by atoms with E-state index in [0.717, 1.165) is 17.1 Å². The molecule has 0 saturated carbocycles. The maximum absolute atomic E-state index is 12.0. The Morgan fingerprint density at radius 3 is 2.81 bits per heavy atom. The number of aromatic nitrogens is 1. The third-order valence-electron chi connectivity index (χ3n) is 2.83. The van der Waals surface area contributed by atoms with Crippen LogP contribution in [0.5, 0.6) is 0 Å². The number of amides is 1. The molecule has 2 N–H and O–H groups in total. The van der Waals surface area contributed by atoms with Crippen LogP contribution in [-0.4, -0.2) is 44.2 Å². The lowest BCUT2D eigenvalue weighted by Crippen LogP contribution is -2.33. The highest BCUT2D eigenvalue weighted by atomic mass is 32.1. The molecule has 6 heteroatoms. The Labute approximate surface area is 128 Å². The molecule has 0 aliphatic carbocycles. The van der Waals surface area contributed by atoms with E-state index in [1.165, 1.54) is 11.3 Å². The summed E-state index contributed by atoms with van der Waals surface area (Å²) < 4.78 is 4.93. The van der Waals surface area contributed by atoms with Crippen LogP contribution in [0.1, 0.15) is 10.5 Å². The van der Waals surface area contributed by atoms with Gasteiger partial charge in [0, 0.05) is 37.7 Å². The lowest BCUT2D eigenvalue weighted by Gasteiger charge is -2.05. The molecule has 21 heavy (non-hydrogen) atoms. The van der Waals surface area contributed by atoms with E-state index >= 15 is 0 Å². The zero-order valence-electron chi connectivity index (χ0n) is 12.0. The summed E-state index contributed by atoms with van der Waals surface area (Å²) in [5, 5.41) is 8.66. The molecule has 5 nitrogen and oxygen atoms in total. The van der Waals surface area contributed by atoms with Crippen LogP contribution < -0.4 is 10.6 Å². The molecule has 0 radical (unpaired) electrons. The number of benzene rings is 1. The van der Waals surface area contributed by atoms with Crippen molar-refractivity contribution in [1.82, 2.24) is 15.6 Å². The number of hydrogen-bond acceptors (Lipinski definition) is 5. The SMILES string of the molecule is COCCNCCNC(=O)c1csc(-c2ccccc2)n1. The topological polar surface area (TPSA) is 63.2 Å². The fourth-order valence-corrected chi connectivity index (χ4v) is 2.55. The van der Waals surface area contributed by atoms with Gasteiger partial charge < -0.3 is 15.4 Å². The molecule has 2 rings (SSSR count). The molecule has 1 aromatic carbocycles. The van der Waals surface area contributed by atoms with E-state index in [9.17, 15) is 4.79 Å². The number of nitrogens with zero attached hydrogens (tertiary/aromatic N) is 1. The van der Waals surface area contributed by atoms with Gasteiger partial charge in [-0.3, -0.25) is 4.79 Å². The molecule has 0 aliphatic rings. The van der Waals surface area contributed by atoms with Crippen molar-refractivity contribution in [2.24, 2.45) is 0 Å². The minimum atomic E-state index is -0.137. The Balaban J connectivity index is 1.80. The van der Waals surface area contributed by atoms with Gasteiger partial charge in [0.25, 0.3) is 5.91 Å². The van der Waals surface area contributed by atoms with Gasteiger partial charge in [-0.2, -0.15) is 0 Å². The molecular weight excluding hydrogens is 286 g/mol. The van der Waals surface area contributed by atoms with Crippen LogP contribution in [0.4, 0.5) is 0 Å². The third kappa shape index (κ3) is 4.93. The smallest absolute Gasteiger partial charge is 0.270 e. The van der Waals surface area contributed by atoms with Crippen LogP contribution in [0.3, 0.4) is 0 Å². The maximum atomic E-state index is 12.0. The average molecular weight is 305 g/mol. The number of carbonyl (C=O) groups is 1. The molecule has 112 valence electrons. The van der Waals surface area contributed by atoms with Crippen LogP contribution in [-0.2, 0) is 4.74 Å². The van der Waals surface area contributed by atoms with E-state index in [-0.39, 0.29) is 5.91 Å². The van der Waals surface area contributed by atoms with Gasteiger partial charge in [0.15, 0.2) is 0 Å². The van der Waals surface area contributed by atoms with Gasteiger partial charge in [0.1, 0.15) is 10.7 Å². The van der Waals surface area contributed by atoms with Crippen molar-refractivity contribution in [3.05, 3.63) is 41.4 Å². The Morgan fingerprint density at radius 2 is 2.05 bits per heavy atom. The van der Waals surface area contributed by atoms with Gasteiger partial charge in [0.2, 0.25) is 0 Å². The molecule has 0 unspecified atom stereocenters. The molecule has 0 fully saturated rings. The van der Waals surface area contributed by atoms with Gasteiger partial charge in [-0.1, -0.05) is 30.3 Å². The zero-order valence-corrected chi connectivity index (χ0v) is 12.8. The van der Waals surface area contributed by atoms with Crippen LogP contribution in [0.25, 0.3) is 10.6 Å². The second kappa shape index (κ2) is 8.51. The predicted molar refractivity (Wildman–Crippen MR) is 84.6 cm³/mol. The second-order valence-corrected chi connectivity index (χ2v) is 5.26. The summed E-state index contributed by atoms with van der Waals surface area (Å²) in [4.78, 5) is 16.3. The summed E-state index contributed by atoms with van der Waals surface area (Å²) >= 11 is 1.48. The lowest BCUT2D eigenvalue weighted by atomic mass is 10.2. The summed E-state index contributed by atoms with van der Waals surface area (Å²) in [6.07, 6.45) is 0. The highest BCUT2D eigenvalue weighted by molar-refractivity contribution is 7.13. The van der Waals surface area contributed by atoms with Gasteiger partial charge in [-0.25, -0.2) is 4.98 Å². The predicted octanol–water partition coefficient (Wildman–Crippen LogP) is 1.78. The second-order valence-electron chi connectivity index (χ2n) is 4.40. The van der Waals surface area contributed by atoms with Gasteiger partial charge in [-0.05, 0) is 0 Å². The van der Waals surface area contributed by atoms with Crippen molar-refractivity contribution in [2.45, 2.75) is 0 Å². The first-order chi connectivity index (χ1) is 10.3. The van der Waals surface area contributed by atoms with Gasteiger partial charge in [-0.15, -0.1) is 11.3 Å². The standard InChI is InChI=1S/C15H19N3O2S/c1-20-10-9-16-7-8-17-14(19)13-11-21-15(18-13)12-5-3-2-4-6-12/h2-6,11,16H,7-10H2,1H3,(H,17,19). The number of methoxy groups -OCH3 is 1. The average Bonchev–Trinajstić information content (AvgIpc) is 3.01. The van der Waals surface area contributed by atoms with Crippen molar-refractivity contribution in [3.8, 4) is 10.6 Å². The molecule has 1 aromatic heterocycles. The molecule has 0 saturated heterocycles. The van der Waals surface area contributed by atoms with E-state index in [4.69, 9.17) is 4.74 Å². The number of ether oxygens (including phenoxy) is 1. The van der Waals surface area contributed by atoms with E-state index in [2.05, 4.69) is 15.6 Å². The highest BCUT2D eigenvalue weighted by Crippen LogP contribution is 2.23. The Kier molecular flexibility index (Phi) is 6.33. The first kappa shape index (κ1) is 15.6. The molecule has 0 bridgehead atoms. The van der Waals surface area contributed by atoms with Crippen LogP contribution in [0.2, 0.25) is 0 Å². The van der Waals surface area contributed by atoms with Crippen molar-refractivity contribution >= 4 is 17.2 Å². The Bertz CT molecular complexity index is 557. The number of nitrogens with one attached hydrogen (secondary N) is 2. The fraction of sp³-hybridized carbons (Fsp3) is 0.333. The molecule has 0 aliphatic heterocycles. The van der Waals surface area contributed by atoms with E-state index in [1.807, 2.05) is 30.3 Å². The number of thiazole rings is 1. The molecule has 1 heterocycles. The number of rotatable bonds is 8. The van der Waals surface area contributed by atoms with Crippen molar-refractivity contribution in [1.29, 1.82) is 0 Å². The third-order valence-corrected chi connectivity index (χ3v) is 3.72. The van der Waals surface area contributed by atoms with E-state index in [0.29, 0.717) is 25.4 Å². The van der Waals surface area contributed by atoms with Gasteiger partial charge in [0.05, 0.1) is 6.61 Å². The molecule has 2 aromatic rings. The van der Waals surface area contributed by atoms with Crippen molar-refractivity contribution < 1.29 is 9.53 Å². The summed E-state index contributed by atoms with van der Waals surface area (Å²) in [5.41, 5.74) is 1.50. The lowest BCUT2D eigenvalue weighted by molar-refractivity contribution is 0.0949. The molecule has 0 spiro atoms. The number of hydrogen-bond donors (Lipinski definition) is 2. The van der Waals surface area contributed by atoms with Crippen molar-refractivity contribution in [2.75, 3.05) is 33.4 Å². The summed E-state index contributed by atoms with van der Waals surface area (Å²) in [5.74, 6) is -0.137. The molecular formula is C15H19N3O2S. The molecule has 1 amide bonds. The summed E-state index contributed by atoms with van der Waals surface area (Å²) in [6.45, 7) is 2.73. The minimum absolute atomic E-state index is 0.137. The normalized spacial score (nSPS) is 10.5. The minimum Gasteiger partial charge on any atom is -0.383 e. The zero-order chi connectivity index (χ0) is 14.9. The Hall–Kier alpha value is -1.76. The maximum Gasteiger partial charge on any atom is 0.270 e. The molecule has 0 atom stereocenters. The first-order valence-electron chi connectivity index (χ1n) is 6.80. The summed E-state index contributed by atoms with van der Waals surface area (Å²) in [6, 6.07) is 9.85. The van der Waals surface area contributed by atoms with Crippen LogP contribution in [0.15, 0.2) is 35.7 Å². The first-order valence-corrected chi connectivity index (χ1v) is 7.68. The summed E-state index contributed by atoms with van der Waals surface area (Å²) in [7, 11) is 1.66. The number of carbonyl (C=O) groups excluding carboxylic acids is 1. The van der Waals surface area contributed by atoms with Crippen LogP contribution >= 0.6 is 11.3 Å². The van der Waals surface area contributed by atoms with Gasteiger partial charge >= 0.3 is 0 Å². The van der Waals surface area contributed by atoms with E-state index in [1.54, 1.807) is 12.5 Å². The van der Waals surface area contributed by atoms with Crippen LogP contribution in [0, 0.1) is 0 Å². The van der Waals surface area contributed by atoms with E-state index < -0.39 is 0 Å². The monoisotopic (exact) mass is 305 g/mol. The quantitative estimate of drug-likeness (QED) is 0.730. The van der Waals surface area contributed by atoms with Crippen molar-refractivity contribution in [3.63, 3.8) is 0 Å².